The van der Waals surface area contributed by atoms with Gasteiger partial charge in [0.05, 0.1) is 4.88 Å². The van der Waals surface area contributed by atoms with Gasteiger partial charge in [-0.15, -0.1) is 11.3 Å². The summed E-state index contributed by atoms with van der Waals surface area (Å²) < 4.78 is 5.50. The number of ether oxygens (including phenoxy) is 1. The third-order valence-corrected chi connectivity index (χ3v) is 4.72. The number of nitrogens with one attached hydrogen (secondary N) is 2. The minimum atomic E-state index is -0.267. The van der Waals surface area contributed by atoms with E-state index in [0.717, 1.165) is 6.42 Å². The van der Waals surface area contributed by atoms with E-state index in [1.54, 1.807) is 30.3 Å². The summed E-state index contributed by atoms with van der Waals surface area (Å²) in [7, 11) is 0. The van der Waals surface area contributed by atoms with Gasteiger partial charge in [0.1, 0.15) is 5.75 Å². The molecule has 5 nitrogen and oxygen atoms in total. The van der Waals surface area contributed by atoms with Crippen LogP contribution in [0.1, 0.15) is 22.2 Å². The SMILES string of the molecule is CCc1ccc(OCC(=O)Nc2cccc(NC(=O)c3cccs3)c2)cc1. The minimum Gasteiger partial charge on any atom is -0.484 e. The Balaban J connectivity index is 1.53. The molecule has 0 fully saturated rings. The second kappa shape index (κ2) is 9.00. The Morgan fingerprint density at radius 3 is 2.37 bits per heavy atom. The van der Waals surface area contributed by atoms with Crippen molar-refractivity contribution in [3.8, 4) is 5.75 Å². The van der Waals surface area contributed by atoms with E-state index < -0.39 is 0 Å². The van der Waals surface area contributed by atoms with Crippen molar-refractivity contribution in [2.45, 2.75) is 13.3 Å². The number of carbonyl (C=O) groups excluding carboxylic acids is 2. The fourth-order valence-corrected chi connectivity index (χ4v) is 3.06. The monoisotopic (exact) mass is 380 g/mol. The second-order valence-electron chi connectivity index (χ2n) is 5.85. The fraction of sp³-hybridized carbons (Fsp3) is 0.143. The van der Waals surface area contributed by atoms with Crippen molar-refractivity contribution in [3.05, 3.63) is 76.5 Å². The van der Waals surface area contributed by atoms with Gasteiger partial charge in [0.25, 0.3) is 11.8 Å². The Morgan fingerprint density at radius 1 is 0.963 bits per heavy atom. The van der Waals surface area contributed by atoms with E-state index in [2.05, 4.69) is 17.6 Å². The molecule has 0 aliphatic heterocycles. The van der Waals surface area contributed by atoms with Gasteiger partial charge in [0.2, 0.25) is 0 Å². The van der Waals surface area contributed by atoms with Crippen molar-refractivity contribution in [1.29, 1.82) is 0 Å². The van der Waals surface area contributed by atoms with Crippen LogP contribution in [-0.4, -0.2) is 18.4 Å². The molecule has 27 heavy (non-hydrogen) atoms. The Bertz CT molecular complexity index is 905. The third-order valence-electron chi connectivity index (χ3n) is 3.85. The van der Waals surface area contributed by atoms with E-state index in [-0.39, 0.29) is 18.4 Å². The highest BCUT2D eigenvalue weighted by Gasteiger charge is 2.08. The largest absolute Gasteiger partial charge is 0.484 e. The van der Waals surface area contributed by atoms with E-state index in [1.165, 1.54) is 16.9 Å². The first-order chi connectivity index (χ1) is 13.1. The van der Waals surface area contributed by atoms with Crippen LogP contribution >= 0.6 is 11.3 Å². The molecule has 0 aliphatic carbocycles. The summed E-state index contributed by atoms with van der Waals surface area (Å²) in [6.45, 7) is 2.00. The van der Waals surface area contributed by atoms with E-state index >= 15 is 0 Å². The van der Waals surface area contributed by atoms with Crippen molar-refractivity contribution in [3.63, 3.8) is 0 Å². The highest BCUT2D eigenvalue weighted by Crippen LogP contribution is 2.18. The molecule has 0 atom stereocenters. The normalized spacial score (nSPS) is 10.3. The first-order valence-corrected chi connectivity index (χ1v) is 9.48. The van der Waals surface area contributed by atoms with Crippen molar-refractivity contribution in [2.24, 2.45) is 0 Å². The zero-order valence-electron chi connectivity index (χ0n) is 14.9. The van der Waals surface area contributed by atoms with Gasteiger partial charge in [-0.1, -0.05) is 31.2 Å². The summed E-state index contributed by atoms with van der Waals surface area (Å²) in [5, 5.41) is 7.43. The lowest BCUT2D eigenvalue weighted by molar-refractivity contribution is -0.118. The van der Waals surface area contributed by atoms with Crippen molar-refractivity contribution < 1.29 is 14.3 Å². The van der Waals surface area contributed by atoms with Crippen LogP contribution in [0.15, 0.2) is 66.0 Å². The lowest BCUT2D eigenvalue weighted by Crippen LogP contribution is -2.20. The lowest BCUT2D eigenvalue weighted by Gasteiger charge is -2.10. The highest BCUT2D eigenvalue weighted by atomic mass is 32.1. The van der Waals surface area contributed by atoms with Crippen LogP contribution in [0.4, 0.5) is 11.4 Å². The number of hydrogen-bond donors (Lipinski definition) is 2. The van der Waals surface area contributed by atoms with Crippen LogP contribution in [0, 0.1) is 0 Å². The van der Waals surface area contributed by atoms with Crippen LogP contribution in [0.2, 0.25) is 0 Å². The van der Waals surface area contributed by atoms with Crippen LogP contribution in [-0.2, 0) is 11.2 Å². The number of hydrogen-bond acceptors (Lipinski definition) is 4. The van der Waals surface area contributed by atoms with Gasteiger partial charge in [-0.2, -0.15) is 0 Å². The summed E-state index contributed by atoms with van der Waals surface area (Å²) in [6.07, 6.45) is 0.958. The average molecular weight is 380 g/mol. The van der Waals surface area contributed by atoms with Crippen molar-refractivity contribution >= 4 is 34.5 Å². The Hall–Kier alpha value is -3.12. The minimum absolute atomic E-state index is 0.0861. The van der Waals surface area contributed by atoms with E-state index in [4.69, 9.17) is 4.74 Å². The Kier molecular flexibility index (Phi) is 6.22. The molecule has 3 aromatic rings. The van der Waals surface area contributed by atoms with Gasteiger partial charge in [-0.3, -0.25) is 9.59 Å². The van der Waals surface area contributed by atoms with Gasteiger partial charge in [0.15, 0.2) is 6.61 Å². The zero-order chi connectivity index (χ0) is 19.1. The molecule has 0 radical (unpaired) electrons. The topological polar surface area (TPSA) is 67.4 Å². The molecule has 0 spiro atoms. The van der Waals surface area contributed by atoms with Gasteiger partial charge < -0.3 is 15.4 Å². The van der Waals surface area contributed by atoms with Crippen molar-refractivity contribution in [1.82, 2.24) is 0 Å². The zero-order valence-corrected chi connectivity index (χ0v) is 15.7. The van der Waals surface area contributed by atoms with E-state index in [0.29, 0.717) is 22.0 Å². The summed E-state index contributed by atoms with van der Waals surface area (Å²) in [5.74, 6) is 0.211. The number of benzene rings is 2. The van der Waals surface area contributed by atoms with Gasteiger partial charge in [-0.05, 0) is 53.8 Å². The first kappa shape index (κ1) is 18.7. The van der Waals surface area contributed by atoms with E-state index in [1.807, 2.05) is 35.7 Å². The molecule has 0 unspecified atom stereocenters. The molecule has 0 saturated heterocycles. The molecule has 138 valence electrons. The molecular formula is C21H20N2O3S. The van der Waals surface area contributed by atoms with E-state index in [9.17, 15) is 9.59 Å². The molecule has 0 saturated carbocycles. The molecule has 2 amide bonds. The van der Waals surface area contributed by atoms with Gasteiger partial charge >= 0.3 is 0 Å². The summed E-state index contributed by atoms with van der Waals surface area (Å²) in [6, 6.07) is 18.3. The molecule has 1 aromatic heterocycles. The maximum absolute atomic E-state index is 12.1. The molecule has 3 rings (SSSR count). The maximum atomic E-state index is 12.1. The first-order valence-electron chi connectivity index (χ1n) is 8.60. The maximum Gasteiger partial charge on any atom is 0.265 e. The number of carbonyl (C=O) groups is 2. The molecule has 0 aliphatic rings. The number of rotatable bonds is 7. The number of thiophene rings is 1. The molecule has 2 aromatic carbocycles. The predicted octanol–water partition coefficient (Wildman–Crippen LogP) is 4.58. The van der Waals surface area contributed by atoms with Gasteiger partial charge in [0, 0.05) is 11.4 Å². The quantitative estimate of drug-likeness (QED) is 0.630. The molecule has 6 heteroatoms. The number of anilines is 2. The predicted molar refractivity (Wildman–Crippen MR) is 109 cm³/mol. The average Bonchev–Trinajstić information content (AvgIpc) is 3.22. The van der Waals surface area contributed by atoms with Crippen LogP contribution < -0.4 is 15.4 Å². The molecule has 0 bridgehead atoms. The third kappa shape index (κ3) is 5.43. The van der Waals surface area contributed by atoms with Gasteiger partial charge in [-0.25, -0.2) is 0 Å². The summed E-state index contributed by atoms with van der Waals surface area (Å²) in [4.78, 5) is 24.8. The molecule has 2 N–H and O–H groups in total. The Labute approximate surface area is 162 Å². The lowest BCUT2D eigenvalue weighted by atomic mass is 10.2. The fourth-order valence-electron chi connectivity index (χ4n) is 2.44. The highest BCUT2D eigenvalue weighted by molar-refractivity contribution is 7.12. The number of aryl methyl sites for hydroxylation is 1. The van der Waals surface area contributed by atoms with Crippen LogP contribution in [0.3, 0.4) is 0 Å². The molecular weight excluding hydrogens is 360 g/mol. The summed E-state index contributed by atoms with van der Waals surface area (Å²) >= 11 is 1.37. The summed E-state index contributed by atoms with van der Waals surface area (Å²) in [5.41, 5.74) is 2.42. The van der Waals surface area contributed by atoms with Crippen LogP contribution in [0.25, 0.3) is 0 Å². The standard InChI is InChI=1S/C21H20N2O3S/c1-2-15-8-10-18(11-9-15)26-14-20(24)22-16-5-3-6-17(13-16)23-21(25)19-7-4-12-27-19/h3-13H,2,14H2,1H3,(H,22,24)(H,23,25). The number of amides is 2. The second-order valence-corrected chi connectivity index (χ2v) is 6.79. The smallest absolute Gasteiger partial charge is 0.265 e. The Morgan fingerprint density at radius 2 is 1.70 bits per heavy atom. The molecule has 1 heterocycles. The van der Waals surface area contributed by atoms with Crippen LogP contribution in [0.5, 0.6) is 5.75 Å². The van der Waals surface area contributed by atoms with Crippen molar-refractivity contribution in [2.75, 3.05) is 17.2 Å².